The van der Waals surface area contributed by atoms with Crippen LogP contribution in [0.5, 0.6) is 0 Å². The summed E-state index contributed by atoms with van der Waals surface area (Å²) in [6.07, 6.45) is 8.25. The number of hydrogen-bond acceptors (Lipinski definition) is 3. The summed E-state index contributed by atoms with van der Waals surface area (Å²) >= 11 is 0. The van der Waals surface area contributed by atoms with Crippen molar-refractivity contribution in [1.29, 1.82) is 0 Å². The minimum Gasteiger partial charge on any atom is -0.480 e. The van der Waals surface area contributed by atoms with Crippen molar-refractivity contribution in [3.05, 3.63) is 18.7 Å². The molecule has 0 radical (unpaired) electrons. The van der Waals surface area contributed by atoms with Crippen LogP contribution in [-0.2, 0) is 11.3 Å². The van der Waals surface area contributed by atoms with Crippen LogP contribution in [0.3, 0.4) is 0 Å². The van der Waals surface area contributed by atoms with Gasteiger partial charge < -0.3 is 9.67 Å². The molecule has 5 nitrogen and oxygen atoms in total. The topological polar surface area (TPSA) is 58.4 Å². The molecule has 0 saturated carbocycles. The zero-order valence-corrected chi connectivity index (χ0v) is 10.2. The Morgan fingerprint density at radius 1 is 1.47 bits per heavy atom. The molecule has 1 saturated heterocycles. The average Bonchev–Trinajstić information content (AvgIpc) is 2.81. The third kappa shape index (κ3) is 2.49. The normalized spacial score (nSPS) is 25.9. The molecule has 2 heterocycles. The number of hydrogen-bond donors (Lipinski definition) is 1. The monoisotopic (exact) mass is 237 g/mol. The second kappa shape index (κ2) is 4.87. The molecule has 0 aliphatic carbocycles. The van der Waals surface area contributed by atoms with Gasteiger partial charge in [0.1, 0.15) is 5.54 Å². The number of likely N-dealkylation sites (tertiary alicyclic amines) is 1. The van der Waals surface area contributed by atoms with E-state index in [9.17, 15) is 9.90 Å². The number of piperidine rings is 1. The van der Waals surface area contributed by atoms with Crippen LogP contribution in [0.25, 0.3) is 0 Å². The van der Waals surface area contributed by atoms with Gasteiger partial charge in [-0.05, 0) is 32.7 Å². The average molecular weight is 237 g/mol. The molecule has 17 heavy (non-hydrogen) atoms. The first-order chi connectivity index (χ1) is 8.13. The smallest absolute Gasteiger partial charge is 0.323 e. The fraction of sp³-hybridized carbons (Fsp3) is 0.667. The number of aliphatic carboxylic acids is 1. The molecule has 0 amide bonds. The molecular weight excluding hydrogens is 218 g/mol. The second-order valence-corrected chi connectivity index (χ2v) is 4.82. The van der Waals surface area contributed by atoms with Crippen LogP contribution in [0.1, 0.15) is 26.2 Å². The summed E-state index contributed by atoms with van der Waals surface area (Å²) < 4.78 is 1.98. The van der Waals surface area contributed by atoms with Crippen molar-refractivity contribution in [3.8, 4) is 0 Å². The van der Waals surface area contributed by atoms with Crippen LogP contribution in [-0.4, -0.2) is 44.2 Å². The van der Waals surface area contributed by atoms with E-state index in [-0.39, 0.29) is 0 Å². The third-order valence-corrected chi connectivity index (χ3v) is 3.69. The van der Waals surface area contributed by atoms with Crippen molar-refractivity contribution in [2.75, 3.05) is 13.1 Å². The molecule has 1 aliphatic heterocycles. The van der Waals surface area contributed by atoms with Gasteiger partial charge in [0.15, 0.2) is 0 Å². The van der Waals surface area contributed by atoms with Crippen LogP contribution < -0.4 is 0 Å². The lowest BCUT2D eigenvalue weighted by Gasteiger charge is -2.41. The molecule has 1 aromatic rings. The molecule has 1 aliphatic rings. The van der Waals surface area contributed by atoms with Crippen molar-refractivity contribution >= 4 is 5.97 Å². The Hall–Kier alpha value is -1.36. The van der Waals surface area contributed by atoms with Gasteiger partial charge in [0.2, 0.25) is 0 Å². The second-order valence-electron chi connectivity index (χ2n) is 4.82. The van der Waals surface area contributed by atoms with Gasteiger partial charge in [-0.2, -0.15) is 0 Å². The third-order valence-electron chi connectivity index (χ3n) is 3.69. The van der Waals surface area contributed by atoms with Crippen LogP contribution >= 0.6 is 0 Å². The molecule has 1 atom stereocenters. The Kier molecular flexibility index (Phi) is 3.47. The Balaban J connectivity index is 1.99. The molecule has 0 spiro atoms. The number of carboxylic acids is 1. The maximum Gasteiger partial charge on any atom is 0.323 e. The predicted molar refractivity (Wildman–Crippen MR) is 63.7 cm³/mol. The van der Waals surface area contributed by atoms with E-state index >= 15 is 0 Å². The highest BCUT2D eigenvalue weighted by molar-refractivity contribution is 5.78. The summed E-state index contributed by atoms with van der Waals surface area (Å²) in [5.74, 6) is -0.706. The van der Waals surface area contributed by atoms with Crippen LogP contribution in [0.4, 0.5) is 0 Å². The molecule has 1 aromatic heterocycles. The minimum atomic E-state index is -0.706. The molecule has 94 valence electrons. The Morgan fingerprint density at radius 2 is 2.29 bits per heavy atom. The number of imidazole rings is 1. The summed E-state index contributed by atoms with van der Waals surface area (Å²) in [6, 6.07) is 0. The zero-order chi connectivity index (χ0) is 12.3. The van der Waals surface area contributed by atoms with Crippen LogP contribution in [0.15, 0.2) is 18.7 Å². The summed E-state index contributed by atoms with van der Waals surface area (Å²) in [5.41, 5.74) is -0.696. The molecule has 5 heteroatoms. The fourth-order valence-corrected chi connectivity index (χ4v) is 2.43. The van der Waals surface area contributed by atoms with Crippen molar-refractivity contribution < 1.29 is 9.90 Å². The standard InChI is InChI=1S/C12H19N3O2/c1-12(11(16)17)4-2-3-6-15(12)9-8-14-7-5-13-10-14/h5,7,10H,2-4,6,8-9H2,1H3,(H,16,17). The SMILES string of the molecule is CC1(C(=O)O)CCCCN1CCn1ccnc1. The van der Waals surface area contributed by atoms with Crippen molar-refractivity contribution in [1.82, 2.24) is 14.5 Å². The van der Waals surface area contributed by atoms with E-state index in [1.54, 1.807) is 12.5 Å². The van der Waals surface area contributed by atoms with Gasteiger partial charge in [-0.15, -0.1) is 0 Å². The number of nitrogens with zero attached hydrogens (tertiary/aromatic N) is 3. The van der Waals surface area contributed by atoms with E-state index in [1.807, 2.05) is 17.7 Å². The Labute approximate surface area is 101 Å². The van der Waals surface area contributed by atoms with E-state index in [1.165, 1.54) is 0 Å². The van der Waals surface area contributed by atoms with Gasteiger partial charge in [-0.3, -0.25) is 9.69 Å². The number of rotatable bonds is 4. The number of carboxylic acid groups (broad SMARTS) is 1. The van der Waals surface area contributed by atoms with Crippen molar-refractivity contribution in [3.63, 3.8) is 0 Å². The molecule has 1 N–H and O–H groups in total. The summed E-state index contributed by atoms with van der Waals surface area (Å²) in [5, 5.41) is 9.36. The molecule has 0 bridgehead atoms. The first-order valence-electron chi connectivity index (χ1n) is 6.07. The molecule has 1 unspecified atom stereocenters. The largest absolute Gasteiger partial charge is 0.480 e. The van der Waals surface area contributed by atoms with Crippen molar-refractivity contribution in [2.24, 2.45) is 0 Å². The van der Waals surface area contributed by atoms with Gasteiger partial charge >= 0.3 is 5.97 Å². The molecule has 1 fully saturated rings. The number of carbonyl (C=O) groups is 1. The quantitative estimate of drug-likeness (QED) is 0.855. The van der Waals surface area contributed by atoms with E-state index in [0.29, 0.717) is 0 Å². The predicted octanol–water partition coefficient (Wildman–Crippen LogP) is 1.21. The zero-order valence-electron chi connectivity index (χ0n) is 10.2. The summed E-state index contributed by atoms with van der Waals surface area (Å²) in [4.78, 5) is 17.5. The minimum absolute atomic E-state index is 0.696. The lowest BCUT2D eigenvalue weighted by molar-refractivity contribution is -0.153. The first-order valence-corrected chi connectivity index (χ1v) is 6.07. The lowest BCUT2D eigenvalue weighted by Crippen LogP contribution is -2.55. The maximum atomic E-state index is 11.4. The Morgan fingerprint density at radius 3 is 2.94 bits per heavy atom. The van der Waals surface area contributed by atoms with E-state index in [2.05, 4.69) is 9.88 Å². The highest BCUT2D eigenvalue weighted by Crippen LogP contribution is 2.27. The van der Waals surface area contributed by atoms with E-state index in [4.69, 9.17) is 0 Å². The van der Waals surface area contributed by atoms with Crippen LogP contribution in [0.2, 0.25) is 0 Å². The molecular formula is C12H19N3O2. The summed E-state index contributed by atoms with van der Waals surface area (Å²) in [6.45, 7) is 4.27. The highest BCUT2D eigenvalue weighted by Gasteiger charge is 2.40. The van der Waals surface area contributed by atoms with Gasteiger partial charge in [-0.1, -0.05) is 0 Å². The highest BCUT2D eigenvalue weighted by atomic mass is 16.4. The van der Waals surface area contributed by atoms with E-state index in [0.717, 1.165) is 38.9 Å². The molecule has 2 rings (SSSR count). The van der Waals surface area contributed by atoms with Gasteiger partial charge in [0, 0.05) is 25.5 Å². The van der Waals surface area contributed by atoms with Gasteiger partial charge in [0.05, 0.1) is 6.33 Å². The van der Waals surface area contributed by atoms with Gasteiger partial charge in [-0.25, -0.2) is 4.98 Å². The van der Waals surface area contributed by atoms with Crippen molar-refractivity contribution in [2.45, 2.75) is 38.3 Å². The Bertz CT molecular complexity index is 377. The first kappa shape index (κ1) is 12.1. The van der Waals surface area contributed by atoms with Gasteiger partial charge in [0.25, 0.3) is 0 Å². The lowest BCUT2D eigenvalue weighted by atomic mass is 9.88. The fourth-order valence-electron chi connectivity index (χ4n) is 2.43. The number of aromatic nitrogens is 2. The maximum absolute atomic E-state index is 11.4. The van der Waals surface area contributed by atoms with E-state index < -0.39 is 11.5 Å². The van der Waals surface area contributed by atoms with Crippen LogP contribution in [0, 0.1) is 0 Å². The molecule has 0 aromatic carbocycles. The summed E-state index contributed by atoms with van der Waals surface area (Å²) in [7, 11) is 0.